The SMILES string of the molecule is CC(C)c1ncn(CC(CC(F)(F)F)C(C#N)C#N)n1. The van der Waals surface area contributed by atoms with E-state index in [1.54, 1.807) is 12.1 Å². The quantitative estimate of drug-likeness (QED) is 0.833. The predicted octanol–water partition coefficient (Wildman–Crippen LogP) is 2.63. The maximum atomic E-state index is 12.5. The van der Waals surface area contributed by atoms with E-state index in [9.17, 15) is 13.2 Å². The van der Waals surface area contributed by atoms with E-state index in [4.69, 9.17) is 10.5 Å². The molecular weight excluding hydrogens is 271 g/mol. The van der Waals surface area contributed by atoms with Crippen LogP contribution in [-0.4, -0.2) is 20.9 Å². The van der Waals surface area contributed by atoms with Crippen molar-refractivity contribution < 1.29 is 13.2 Å². The molecule has 0 radical (unpaired) electrons. The fourth-order valence-corrected chi connectivity index (χ4v) is 1.73. The second-order valence-electron chi connectivity index (χ2n) is 4.79. The highest BCUT2D eigenvalue weighted by Crippen LogP contribution is 2.30. The molecule has 5 nitrogen and oxygen atoms in total. The zero-order valence-corrected chi connectivity index (χ0v) is 11.1. The van der Waals surface area contributed by atoms with Crippen LogP contribution in [0.3, 0.4) is 0 Å². The maximum Gasteiger partial charge on any atom is 0.389 e. The largest absolute Gasteiger partial charge is 0.389 e. The van der Waals surface area contributed by atoms with E-state index in [-0.39, 0.29) is 12.5 Å². The third-order valence-corrected chi connectivity index (χ3v) is 2.74. The summed E-state index contributed by atoms with van der Waals surface area (Å²) in [6, 6.07) is 3.20. The van der Waals surface area contributed by atoms with Gasteiger partial charge in [-0.05, 0) is 0 Å². The molecule has 0 fully saturated rings. The van der Waals surface area contributed by atoms with Crippen LogP contribution in [0.1, 0.15) is 32.0 Å². The van der Waals surface area contributed by atoms with E-state index in [0.717, 1.165) is 0 Å². The number of nitrogens with zero attached hydrogens (tertiary/aromatic N) is 5. The molecule has 0 saturated heterocycles. The molecule has 0 saturated carbocycles. The highest BCUT2D eigenvalue weighted by molar-refractivity contribution is 5.03. The average Bonchev–Trinajstić information content (AvgIpc) is 2.77. The normalized spacial score (nSPS) is 13.2. The van der Waals surface area contributed by atoms with Crippen LogP contribution in [0.5, 0.6) is 0 Å². The first-order valence-electron chi connectivity index (χ1n) is 6.02. The first-order valence-corrected chi connectivity index (χ1v) is 6.02. The van der Waals surface area contributed by atoms with Gasteiger partial charge in [-0.15, -0.1) is 0 Å². The van der Waals surface area contributed by atoms with E-state index in [1.807, 2.05) is 13.8 Å². The van der Waals surface area contributed by atoms with Crippen molar-refractivity contribution in [1.29, 1.82) is 10.5 Å². The Bertz CT molecular complexity index is 506. The molecule has 1 unspecified atom stereocenters. The summed E-state index contributed by atoms with van der Waals surface area (Å²) in [5.74, 6) is -1.92. The van der Waals surface area contributed by atoms with Crippen LogP contribution in [0.2, 0.25) is 0 Å². The molecule has 0 aliphatic heterocycles. The van der Waals surface area contributed by atoms with Gasteiger partial charge in [0, 0.05) is 18.4 Å². The number of hydrogen-bond acceptors (Lipinski definition) is 4. The molecule has 0 aliphatic carbocycles. The zero-order chi connectivity index (χ0) is 15.3. The number of hydrogen-bond donors (Lipinski definition) is 0. The van der Waals surface area contributed by atoms with E-state index >= 15 is 0 Å². The van der Waals surface area contributed by atoms with Gasteiger partial charge in [-0.3, -0.25) is 4.68 Å². The fourth-order valence-electron chi connectivity index (χ4n) is 1.73. The summed E-state index contributed by atoms with van der Waals surface area (Å²) in [4.78, 5) is 3.98. The summed E-state index contributed by atoms with van der Waals surface area (Å²) in [7, 11) is 0. The standard InChI is InChI=1S/C12H14F3N5/c1-8(2)11-18-7-20(19-11)6-9(3-12(13,14)15)10(4-16)5-17/h7-10H,3,6H2,1-2H3. The Morgan fingerprint density at radius 2 is 1.90 bits per heavy atom. The van der Waals surface area contributed by atoms with Crippen LogP contribution in [-0.2, 0) is 6.54 Å². The van der Waals surface area contributed by atoms with Crippen molar-refractivity contribution in [1.82, 2.24) is 14.8 Å². The van der Waals surface area contributed by atoms with Crippen molar-refractivity contribution in [3.05, 3.63) is 12.2 Å². The van der Waals surface area contributed by atoms with E-state index in [0.29, 0.717) is 5.82 Å². The van der Waals surface area contributed by atoms with Crippen molar-refractivity contribution >= 4 is 0 Å². The minimum atomic E-state index is -4.43. The van der Waals surface area contributed by atoms with Gasteiger partial charge in [0.2, 0.25) is 0 Å². The van der Waals surface area contributed by atoms with Gasteiger partial charge in [0.05, 0.1) is 18.6 Å². The van der Waals surface area contributed by atoms with Gasteiger partial charge in [-0.25, -0.2) is 4.98 Å². The van der Waals surface area contributed by atoms with Crippen molar-refractivity contribution in [2.75, 3.05) is 0 Å². The van der Waals surface area contributed by atoms with Crippen LogP contribution >= 0.6 is 0 Å². The number of nitriles is 2. The molecular formula is C12H14F3N5. The number of rotatable bonds is 5. The second-order valence-corrected chi connectivity index (χ2v) is 4.79. The van der Waals surface area contributed by atoms with Gasteiger partial charge >= 0.3 is 6.18 Å². The Labute approximate surface area is 114 Å². The monoisotopic (exact) mass is 285 g/mol. The van der Waals surface area contributed by atoms with Crippen molar-refractivity contribution in [3.63, 3.8) is 0 Å². The molecule has 0 aliphatic rings. The molecule has 1 rings (SSSR count). The Balaban J connectivity index is 2.89. The smallest absolute Gasteiger partial charge is 0.252 e. The molecule has 0 bridgehead atoms. The molecule has 1 atom stereocenters. The topological polar surface area (TPSA) is 78.3 Å². The summed E-state index contributed by atoms with van der Waals surface area (Å²) in [5.41, 5.74) is 0. The predicted molar refractivity (Wildman–Crippen MR) is 63.0 cm³/mol. The summed E-state index contributed by atoms with van der Waals surface area (Å²) in [6.07, 6.45) is -4.31. The van der Waals surface area contributed by atoms with E-state index < -0.39 is 24.4 Å². The van der Waals surface area contributed by atoms with Crippen LogP contribution < -0.4 is 0 Å². The first kappa shape index (κ1) is 16.0. The zero-order valence-electron chi connectivity index (χ0n) is 11.1. The molecule has 0 amide bonds. The summed E-state index contributed by atoms with van der Waals surface area (Å²) in [6.45, 7) is 3.56. The highest BCUT2D eigenvalue weighted by atomic mass is 19.4. The molecule has 0 aromatic carbocycles. The van der Waals surface area contributed by atoms with Gasteiger partial charge < -0.3 is 0 Å². The minimum absolute atomic E-state index is 0.0556. The Morgan fingerprint density at radius 3 is 2.30 bits per heavy atom. The third kappa shape index (κ3) is 4.54. The molecule has 108 valence electrons. The minimum Gasteiger partial charge on any atom is -0.252 e. The lowest BCUT2D eigenvalue weighted by molar-refractivity contribution is -0.147. The first-order chi connectivity index (χ1) is 9.26. The number of alkyl halides is 3. The second kappa shape index (κ2) is 6.38. The van der Waals surface area contributed by atoms with Crippen molar-refractivity contribution in [3.8, 4) is 12.1 Å². The molecule has 1 aromatic rings. The van der Waals surface area contributed by atoms with Gasteiger partial charge in [0.1, 0.15) is 12.2 Å². The lowest BCUT2D eigenvalue weighted by Crippen LogP contribution is -2.25. The lowest BCUT2D eigenvalue weighted by Gasteiger charge is -2.18. The maximum absolute atomic E-state index is 12.5. The van der Waals surface area contributed by atoms with E-state index in [2.05, 4.69) is 10.1 Å². The Kier molecular flexibility index (Phi) is 5.09. The number of halogens is 3. The fraction of sp³-hybridized carbons (Fsp3) is 0.667. The highest BCUT2D eigenvalue weighted by Gasteiger charge is 2.36. The van der Waals surface area contributed by atoms with E-state index in [1.165, 1.54) is 11.0 Å². The summed E-state index contributed by atoms with van der Waals surface area (Å²) in [5, 5.41) is 21.6. The van der Waals surface area contributed by atoms with Gasteiger partial charge in [-0.1, -0.05) is 13.8 Å². The third-order valence-electron chi connectivity index (χ3n) is 2.74. The van der Waals surface area contributed by atoms with Gasteiger partial charge in [0.25, 0.3) is 0 Å². The van der Waals surface area contributed by atoms with Gasteiger partial charge in [0.15, 0.2) is 5.82 Å². The molecule has 0 spiro atoms. The lowest BCUT2D eigenvalue weighted by atomic mass is 9.91. The van der Waals surface area contributed by atoms with Crippen molar-refractivity contribution in [2.45, 2.75) is 38.9 Å². The summed E-state index contributed by atoms with van der Waals surface area (Å²) >= 11 is 0. The Morgan fingerprint density at radius 1 is 1.30 bits per heavy atom. The molecule has 1 heterocycles. The van der Waals surface area contributed by atoms with Crippen LogP contribution in [0, 0.1) is 34.5 Å². The van der Waals surface area contributed by atoms with Crippen LogP contribution in [0.25, 0.3) is 0 Å². The average molecular weight is 285 g/mol. The van der Waals surface area contributed by atoms with Gasteiger partial charge in [-0.2, -0.15) is 28.8 Å². The molecule has 20 heavy (non-hydrogen) atoms. The summed E-state index contributed by atoms with van der Waals surface area (Å²) < 4.78 is 38.8. The molecule has 0 N–H and O–H groups in total. The Hall–Kier alpha value is -2.09. The van der Waals surface area contributed by atoms with Crippen LogP contribution in [0.4, 0.5) is 13.2 Å². The van der Waals surface area contributed by atoms with Crippen molar-refractivity contribution in [2.24, 2.45) is 11.8 Å². The van der Waals surface area contributed by atoms with Crippen LogP contribution in [0.15, 0.2) is 6.33 Å². The molecule has 1 aromatic heterocycles. The number of aromatic nitrogens is 3. The molecule has 8 heteroatoms.